The fraction of sp³-hybridized carbons (Fsp3) is 0. The first kappa shape index (κ1) is 8.36. The number of carboxylic acids is 1. The Kier molecular flexibility index (Phi) is 3.19. The minimum Gasteiger partial charge on any atom is -0.478 e. The molecule has 4 heteroatoms. The van der Waals surface area contributed by atoms with E-state index in [1.165, 1.54) is 11.8 Å². The molecule has 0 aromatic carbocycles. The van der Waals surface area contributed by atoms with Gasteiger partial charge in [0.15, 0.2) is 0 Å². The van der Waals surface area contributed by atoms with Gasteiger partial charge in [0.2, 0.25) is 0 Å². The molecule has 0 saturated heterocycles. The van der Waals surface area contributed by atoms with Crippen molar-refractivity contribution in [3.63, 3.8) is 0 Å². The van der Waals surface area contributed by atoms with Gasteiger partial charge in [0.05, 0.1) is 4.21 Å². The van der Waals surface area contributed by atoms with Crippen LogP contribution in [0.15, 0.2) is 33.2 Å². The lowest BCUT2D eigenvalue weighted by Crippen LogP contribution is -1.83. The summed E-state index contributed by atoms with van der Waals surface area (Å²) in [7, 11) is 0. The molecule has 1 heterocycles. The average Bonchev–Trinajstić information content (AvgIpc) is 2.39. The molecule has 0 bridgehead atoms. The Hall–Kier alpha value is -0.740. The molecule has 0 aliphatic rings. The van der Waals surface area contributed by atoms with Crippen molar-refractivity contribution in [1.29, 1.82) is 0 Å². The summed E-state index contributed by atoms with van der Waals surface area (Å²) in [5, 5.41) is 11.8. The van der Waals surface area contributed by atoms with Gasteiger partial charge in [-0.15, -0.1) is 11.3 Å². The molecule has 1 aromatic heterocycles. The van der Waals surface area contributed by atoms with E-state index in [9.17, 15) is 4.79 Å². The number of hydrogen-bond acceptors (Lipinski definition) is 3. The predicted molar refractivity (Wildman–Crippen MR) is 47.0 cm³/mol. The fourth-order valence-corrected chi connectivity index (χ4v) is 1.97. The number of thioether (sulfide) groups is 1. The first-order chi connectivity index (χ1) is 5.29. The molecule has 0 spiro atoms. The molecule has 11 heavy (non-hydrogen) atoms. The Morgan fingerprint density at radius 3 is 3.09 bits per heavy atom. The number of rotatable bonds is 3. The second kappa shape index (κ2) is 4.20. The van der Waals surface area contributed by atoms with Crippen molar-refractivity contribution in [2.45, 2.75) is 4.21 Å². The highest BCUT2D eigenvalue weighted by Crippen LogP contribution is 2.23. The Morgan fingerprint density at radius 1 is 1.73 bits per heavy atom. The molecule has 1 aromatic rings. The lowest BCUT2D eigenvalue weighted by Gasteiger charge is -1.84. The summed E-state index contributed by atoms with van der Waals surface area (Å²) < 4.78 is 1.10. The third-order valence-corrected chi connectivity index (χ3v) is 2.77. The maximum absolute atomic E-state index is 10.0. The summed E-state index contributed by atoms with van der Waals surface area (Å²) in [5.41, 5.74) is 0. The van der Waals surface area contributed by atoms with Gasteiger partial charge < -0.3 is 5.11 Å². The first-order valence-corrected chi connectivity index (χ1v) is 4.64. The largest absolute Gasteiger partial charge is 0.478 e. The lowest BCUT2D eigenvalue weighted by molar-refractivity contribution is -0.131. The summed E-state index contributed by atoms with van der Waals surface area (Å²) in [6.45, 7) is 0. The highest BCUT2D eigenvalue weighted by atomic mass is 32.2. The molecular weight excluding hydrogens is 180 g/mol. The number of thiophene rings is 1. The van der Waals surface area contributed by atoms with Crippen LogP contribution in [0.1, 0.15) is 0 Å². The zero-order chi connectivity index (χ0) is 8.10. The topological polar surface area (TPSA) is 37.3 Å². The van der Waals surface area contributed by atoms with E-state index in [1.807, 2.05) is 17.5 Å². The van der Waals surface area contributed by atoms with Gasteiger partial charge in [-0.1, -0.05) is 17.8 Å². The summed E-state index contributed by atoms with van der Waals surface area (Å²) in [6, 6.07) is 3.88. The first-order valence-electron chi connectivity index (χ1n) is 2.88. The van der Waals surface area contributed by atoms with Crippen LogP contribution in [0.5, 0.6) is 0 Å². The van der Waals surface area contributed by atoms with Crippen molar-refractivity contribution in [3.8, 4) is 0 Å². The van der Waals surface area contributed by atoms with Crippen LogP contribution in [-0.4, -0.2) is 11.1 Å². The summed E-state index contributed by atoms with van der Waals surface area (Å²) in [4.78, 5) is 10.0. The standard InChI is InChI=1S/C7H6O2S2/c8-6(9)3-5-11-7-2-1-4-10-7/h1-5H,(H,8,9)/b5-3+. The summed E-state index contributed by atoms with van der Waals surface area (Å²) in [5.74, 6) is -0.908. The molecule has 0 radical (unpaired) electrons. The van der Waals surface area contributed by atoms with Gasteiger partial charge in [-0.25, -0.2) is 4.79 Å². The van der Waals surface area contributed by atoms with Gasteiger partial charge >= 0.3 is 5.97 Å². The Labute approximate surface area is 72.6 Å². The molecule has 0 aliphatic heterocycles. The van der Waals surface area contributed by atoms with E-state index in [1.54, 1.807) is 16.7 Å². The Morgan fingerprint density at radius 2 is 2.55 bits per heavy atom. The van der Waals surface area contributed by atoms with Crippen molar-refractivity contribution in [1.82, 2.24) is 0 Å². The van der Waals surface area contributed by atoms with E-state index < -0.39 is 5.97 Å². The van der Waals surface area contributed by atoms with Crippen molar-refractivity contribution in [3.05, 3.63) is 29.0 Å². The number of hydrogen-bond donors (Lipinski definition) is 1. The lowest BCUT2D eigenvalue weighted by atomic mass is 10.7. The number of aliphatic carboxylic acids is 1. The van der Waals surface area contributed by atoms with E-state index in [4.69, 9.17) is 5.11 Å². The van der Waals surface area contributed by atoms with E-state index in [2.05, 4.69) is 0 Å². The van der Waals surface area contributed by atoms with E-state index >= 15 is 0 Å². The SMILES string of the molecule is O=C(O)/C=C/Sc1cccs1. The minimum absolute atomic E-state index is 0.908. The molecule has 0 saturated carbocycles. The highest BCUT2D eigenvalue weighted by molar-refractivity contribution is 8.03. The molecule has 0 unspecified atom stereocenters. The Balaban J connectivity index is 2.40. The van der Waals surface area contributed by atoms with Crippen LogP contribution in [-0.2, 0) is 4.79 Å². The van der Waals surface area contributed by atoms with Crippen molar-refractivity contribution in [2.24, 2.45) is 0 Å². The van der Waals surface area contributed by atoms with Crippen LogP contribution < -0.4 is 0 Å². The molecule has 0 fully saturated rings. The van der Waals surface area contributed by atoms with Gasteiger partial charge in [0.25, 0.3) is 0 Å². The van der Waals surface area contributed by atoms with Crippen LogP contribution in [0.4, 0.5) is 0 Å². The van der Waals surface area contributed by atoms with Crippen molar-refractivity contribution < 1.29 is 9.90 Å². The molecule has 1 N–H and O–H groups in total. The molecule has 0 aliphatic carbocycles. The molecule has 2 nitrogen and oxygen atoms in total. The van der Waals surface area contributed by atoms with Gasteiger partial charge in [-0.2, -0.15) is 0 Å². The second-order valence-electron chi connectivity index (χ2n) is 1.69. The van der Waals surface area contributed by atoms with Gasteiger partial charge in [-0.3, -0.25) is 0 Å². The van der Waals surface area contributed by atoms with Crippen LogP contribution in [0.3, 0.4) is 0 Å². The minimum atomic E-state index is -0.908. The smallest absolute Gasteiger partial charge is 0.328 e. The predicted octanol–water partition coefficient (Wildman–Crippen LogP) is 2.44. The summed E-state index contributed by atoms with van der Waals surface area (Å²) >= 11 is 3.01. The van der Waals surface area contributed by atoms with Crippen molar-refractivity contribution >= 4 is 29.1 Å². The maximum Gasteiger partial charge on any atom is 0.328 e. The molecule has 1 rings (SSSR count). The van der Waals surface area contributed by atoms with Gasteiger partial charge in [0.1, 0.15) is 0 Å². The van der Waals surface area contributed by atoms with E-state index in [-0.39, 0.29) is 0 Å². The zero-order valence-electron chi connectivity index (χ0n) is 5.56. The second-order valence-corrected chi connectivity index (χ2v) is 3.84. The monoisotopic (exact) mass is 186 g/mol. The number of carbonyl (C=O) groups is 1. The Bertz CT molecular complexity index is 251. The van der Waals surface area contributed by atoms with Crippen LogP contribution >= 0.6 is 23.1 Å². The van der Waals surface area contributed by atoms with Crippen molar-refractivity contribution in [2.75, 3.05) is 0 Å². The van der Waals surface area contributed by atoms with Crippen LogP contribution in [0.2, 0.25) is 0 Å². The molecule has 58 valence electrons. The molecular formula is C7H6O2S2. The maximum atomic E-state index is 10.0. The van der Waals surface area contributed by atoms with Crippen LogP contribution in [0.25, 0.3) is 0 Å². The molecule has 0 atom stereocenters. The van der Waals surface area contributed by atoms with Gasteiger partial charge in [0, 0.05) is 6.08 Å². The summed E-state index contributed by atoms with van der Waals surface area (Å²) in [6.07, 6.45) is 1.13. The third-order valence-electron chi connectivity index (χ3n) is 0.890. The molecule has 0 amide bonds. The zero-order valence-corrected chi connectivity index (χ0v) is 7.19. The third kappa shape index (κ3) is 3.25. The van der Waals surface area contributed by atoms with Crippen LogP contribution in [0, 0.1) is 0 Å². The van der Waals surface area contributed by atoms with Gasteiger partial charge in [-0.05, 0) is 16.9 Å². The van der Waals surface area contributed by atoms with E-state index in [0.29, 0.717) is 0 Å². The highest BCUT2D eigenvalue weighted by Gasteiger charge is 1.90. The fourth-order valence-electron chi connectivity index (χ4n) is 0.490. The quantitative estimate of drug-likeness (QED) is 0.582. The normalized spacial score (nSPS) is 10.5. The average molecular weight is 186 g/mol. The number of carboxylic acid groups (broad SMARTS) is 1. The van der Waals surface area contributed by atoms with E-state index in [0.717, 1.165) is 10.3 Å².